The SMILES string of the molecule is COCCC(N)C(=O)Nc1ccc(-c2cnco2)cc1. The molecule has 3 N–H and O–H groups in total. The first-order valence-electron chi connectivity index (χ1n) is 6.25. The molecule has 0 aliphatic rings. The number of nitrogens with zero attached hydrogens (tertiary/aromatic N) is 1. The van der Waals surface area contributed by atoms with E-state index < -0.39 is 6.04 Å². The largest absolute Gasteiger partial charge is 0.444 e. The zero-order valence-corrected chi connectivity index (χ0v) is 11.2. The molecular weight excluding hydrogens is 258 g/mol. The molecule has 2 rings (SSSR count). The average molecular weight is 275 g/mol. The quantitative estimate of drug-likeness (QED) is 0.836. The maximum atomic E-state index is 11.8. The van der Waals surface area contributed by atoms with Crippen LogP contribution < -0.4 is 11.1 Å². The lowest BCUT2D eigenvalue weighted by Gasteiger charge is -2.11. The second-order valence-electron chi connectivity index (χ2n) is 4.32. The third-order valence-corrected chi connectivity index (χ3v) is 2.84. The molecule has 2 aromatic rings. The summed E-state index contributed by atoms with van der Waals surface area (Å²) in [6.45, 7) is 0.457. The molecule has 0 saturated heterocycles. The number of hydrogen-bond acceptors (Lipinski definition) is 5. The molecular formula is C14H17N3O3. The van der Waals surface area contributed by atoms with Gasteiger partial charge in [-0.05, 0) is 30.7 Å². The first-order valence-corrected chi connectivity index (χ1v) is 6.25. The molecule has 1 unspecified atom stereocenters. The van der Waals surface area contributed by atoms with Gasteiger partial charge in [-0.1, -0.05) is 0 Å². The minimum absolute atomic E-state index is 0.227. The molecule has 1 heterocycles. The van der Waals surface area contributed by atoms with E-state index in [1.54, 1.807) is 25.4 Å². The number of amides is 1. The minimum atomic E-state index is -0.580. The molecule has 1 amide bonds. The molecule has 20 heavy (non-hydrogen) atoms. The molecule has 0 fully saturated rings. The maximum absolute atomic E-state index is 11.8. The molecule has 1 atom stereocenters. The van der Waals surface area contributed by atoms with Crippen LogP contribution in [0.15, 0.2) is 41.3 Å². The summed E-state index contributed by atoms with van der Waals surface area (Å²) in [4.78, 5) is 15.7. The normalized spacial score (nSPS) is 12.1. The molecule has 6 nitrogen and oxygen atoms in total. The van der Waals surface area contributed by atoms with E-state index in [1.807, 2.05) is 12.1 Å². The molecule has 0 spiro atoms. The Morgan fingerprint density at radius 1 is 1.45 bits per heavy atom. The number of anilines is 1. The van der Waals surface area contributed by atoms with E-state index in [0.29, 0.717) is 24.5 Å². The molecule has 6 heteroatoms. The van der Waals surface area contributed by atoms with Crippen LogP contribution in [0.3, 0.4) is 0 Å². The first-order chi connectivity index (χ1) is 9.70. The summed E-state index contributed by atoms with van der Waals surface area (Å²) in [5, 5.41) is 2.76. The van der Waals surface area contributed by atoms with Crippen LogP contribution in [0.2, 0.25) is 0 Å². The van der Waals surface area contributed by atoms with Gasteiger partial charge in [0.2, 0.25) is 5.91 Å². The highest BCUT2D eigenvalue weighted by atomic mass is 16.5. The highest BCUT2D eigenvalue weighted by Crippen LogP contribution is 2.20. The van der Waals surface area contributed by atoms with Crippen molar-refractivity contribution in [1.82, 2.24) is 4.98 Å². The second kappa shape index (κ2) is 6.83. The summed E-state index contributed by atoms with van der Waals surface area (Å²) in [5.74, 6) is 0.453. The van der Waals surface area contributed by atoms with Crippen LogP contribution in [0.5, 0.6) is 0 Å². The van der Waals surface area contributed by atoms with E-state index in [9.17, 15) is 4.79 Å². The van der Waals surface area contributed by atoms with Gasteiger partial charge in [-0.2, -0.15) is 0 Å². The number of hydrogen-bond donors (Lipinski definition) is 2. The number of aromatic nitrogens is 1. The second-order valence-corrected chi connectivity index (χ2v) is 4.32. The zero-order chi connectivity index (χ0) is 14.4. The predicted molar refractivity (Wildman–Crippen MR) is 75.0 cm³/mol. The van der Waals surface area contributed by atoms with Crippen molar-refractivity contribution in [3.05, 3.63) is 36.9 Å². The Balaban J connectivity index is 1.95. The standard InChI is InChI=1S/C14H17N3O3/c1-19-7-6-12(15)14(18)17-11-4-2-10(3-5-11)13-8-16-9-20-13/h2-5,8-9,12H,6-7,15H2,1H3,(H,17,18). The third-order valence-electron chi connectivity index (χ3n) is 2.84. The number of oxazole rings is 1. The average Bonchev–Trinajstić information content (AvgIpc) is 2.99. The number of ether oxygens (including phenoxy) is 1. The van der Waals surface area contributed by atoms with Crippen molar-refractivity contribution in [1.29, 1.82) is 0 Å². The number of carbonyl (C=O) groups excluding carboxylic acids is 1. The Morgan fingerprint density at radius 2 is 2.20 bits per heavy atom. The van der Waals surface area contributed by atoms with Crippen LogP contribution in [0.1, 0.15) is 6.42 Å². The van der Waals surface area contributed by atoms with Crippen LogP contribution in [0.4, 0.5) is 5.69 Å². The van der Waals surface area contributed by atoms with E-state index in [4.69, 9.17) is 14.9 Å². The van der Waals surface area contributed by atoms with Crippen LogP contribution >= 0.6 is 0 Å². The fourth-order valence-corrected chi connectivity index (χ4v) is 1.69. The van der Waals surface area contributed by atoms with Gasteiger partial charge in [-0.15, -0.1) is 0 Å². The van der Waals surface area contributed by atoms with Crippen molar-refractivity contribution in [2.24, 2.45) is 5.73 Å². The molecule has 0 saturated carbocycles. The molecule has 1 aromatic heterocycles. The van der Waals surface area contributed by atoms with E-state index in [0.717, 1.165) is 5.56 Å². The van der Waals surface area contributed by atoms with Crippen molar-refractivity contribution >= 4 is 11.6 Å². The number of benzene rings is 1. The van der Waals surface area contributed by atoms with Gasteiger partial charge in [0.1, 0.15) is 0 Å². The van der Waals surface area contributed by atoms with E-state index in [-0.39, 0.29) is 5.91 Å². The van der Waals surface area contributed by atoms with Gasteiger partial charge < -0.3 is 20.2 Å². The van der Waals surface area contributed by atoms with E-state index in [2.05, 4.69) is 10.3 Å². The van der Waals surface area contributed by atoms with Crippen LogP contribution in [-0.4, -0.2) is 30.6 Å². The van der Waals surface area contributed by atoms with Crippen molar-refractivity contribution in [3.63, 3.8) is 0 Å². The summed E-state index contributed by atoms with van der Waals surface area (Å²) in [6.07, 6.45) is 3.49. The number of carbonyl (C=O) groups is 1. The molecule has 106 valence electrons. The fourth-order valence-electron chi connectivity index (χ4n) is 1.69. The van der Waals surface area contributed by atoms with Gasteiger partial charge in [0.05, 0.1) is 12.2 Å². The summed E-state index contributed by atoms with van der Waals surface area (Å²) in [6, 6.07) is 6.69. The number of nitrogens with two attached hydrogens (primary N) is 1. The summed E-state index contributed by atoms with van der Waals surface area (Å²) >= 11 is 0. The monoisotopic (exact) mass is 275 g/mol. The minimum Gasteiger partial charge on any atom is -0.444 e. The van der Waals surface area contributed by atoms with E-state index in [1.165, 1.54) is 6.39 Å². The van der Waals surface area contributed by atoms with Crippen molar-refractivity contribution in [2.45, 2.75) is 12.5 Å². The highest BCUT2D eigenvalue weighted by molar-refractivity contribution is 5.94. The molecule has 1 aromatic carbocycles. The Labute approximate surface area is 116 Å². The van der Waals surface area contributed by atoms with Gasteiger partial charge in [0.25, 0.3) is 0 Å². The smallest absolute Gasteiger partial charge is 0.241 e. The number of rotatable bonds is 6. The molecule has 0 aliphatic heterocycles. The molecule has 0 radical (unpaired) electrons. The van der Waals surface area contributed by atoms with Gasteiger partial charge in [0, 0.05) is 25.0 Å². The lowest BCUT2D eigenvalue weighted by Crippen LogP contribution is -2.36. The van der Waals surface area contributed by atoms with Crippen LogP contribution in [-0.2, 0) is 9.53 Å². The van der Waals surface area contributed by atoms with Gasteiger partial charge in [-0.3, -0.25) is 4.79 Å². The Bertz CT molecular complexity index is 537. The highest BCUT2D eigenvalue weighted by Gasteiger charge is 2.13. The summed E-state index contributed by atoms with van der Waals surface area (Å²) in [7, 11) is 1.58. The third kappa shape index (κ3) is 3.66. The van der Waals surface area contributed by atoms with Gasteiger partial charge >= 0.3 is 0 Å². The predicted octanol–water partition coefficient (Wildman–Crippen LogP) is 1.64. The lowest BCUT2D eigenvalue weighted by molar-refractivity contribution is -0.117. The van der Waals surface area contributed by atoms with Gasteiger partial charge in [0.15, 0.2) is 12.2 Å². The fraction of sp³-hybridized carbons (Fsp3) is 0.286. The summed E-state index contributed by atoms with van der Waals surface area (Å²) < 4.78 is 10.1. The maximum Gasteiger partial charge on any atom is 0.241 e. The van der Waals surface area contributed by atoms with Crippen molar-refractivity contribution in [3.8, 4) is 11.3 Å². The van der Waals surface area contributed by atoms with E-state index >= 15 is 0 Å². The summed E-state index contributed by atoms with van der Waals surface area (Å²) in [5.41, 5.74) is 7.32. The van der Waals surface area contributed by atoms with Crippen LogP contribution in [0, 0.1) is 0 Å². The Morgan fingerprint density at radius 3 is 2.80 bits per heavy atom. The molecule has 0 bridgehead atoms. The Hall–Kier alpha value is -2.18. The lowest BCUT2D eigenvalue weighted by atomic mass is 10.1. The van der Waals surface area contributed by atoms with Gasteiger partial charge in [-0.25, -0.2) is 4.98 Å². The number of nitrogens with one attached hydrogen (secondary N) is 1. The Kier molecular flexibility index (Phi) is 4.86. The van der Waals surface area contributed by atoms with Crippen LogP contribution in [0.25, 0.3) is 11.3 Å². The number of methoxy groups -OCH3 is 1. The first kappa shape index (κ1) is 14.2. The zero-order valence-electron chi connectivity index (χ0n) is 11.2. The van der Waals surface area contributed by atoms with Crippen molar-refractivity contribution in [2.75, 3.05) is 19.0 Å². The van der Waals surface area contributed by atoms with Crippen molar-refractivity contribution < 1.29 is 13.9 Å². The topological polar surface area (TPSA) is 90.4 Å². The molecule has 0 aliphatic carbocycles.